The molecule has 0 atom stereocenters. The Hall–Kier alpha value is -0.410. The SMILES string of the molecule is CCCSCC(=O)c1ccc(SCC)cc1. The molecule has 0 N–H and O–H groups in total. The highest BCUT2D eigenvalue weighted by Gasteiger charge is 2.05. The lowest BCUT2D eigenvalue weighted by molar-refractivity contribution is 0.102. The van der Waals surface area contributed by atoms with Gasteiger partial charge in [0.25, 0.3) is 0 Å². The van der Waals surface area contributed by atoms with E-state index in [1.54, 1.807) is 23.5 Å². The first-order chi connectivity index (χ1) is 7.77. The zero-order chi connectivity index (χ0) is 11.8. The second-order valence-corrected chi connectivity index (χ2v) is 5.88. The number of carbonyl (C=O) groups is 1. The first-order valence-electron chi connectivity index (χ1n) is 5.61. The van der Waals surface area contributed by atoms with Crippen molar-refractivity contribution in [2.45, 2.75) is 25.2 Å². The van der Waals surface area contributed by atoms with Crippen LogP contribution >= 0.6 is 23.5 Å². The molecule has 0 saturated heterocycles. The van der Waals surface area contributed by atoms with Gasteiger partial charge in [-0.1, -0.05) is 26.0 Å². The molecule has 1 aromatic rings. The molecule has 0 spiro atoms. The van der Waals surface area contributed by atoms with E-state index in [1.807, 2.05) is 24.3 Å². The van der Waals surface area contributed by atoms with Crippen molar-refractivity contribution >= 4 is 29.3 Å². The molecule has 0 aliphatic carbocycles. The maximum atomic E-state index is 11.8. The Bertz CT molecular complexity index is 319. The fourth-order valence-corrected chi connectivity index (χ4v) is 2.74. The Morgan fingerprint density at radius 2 is 1.88 bits per heavy atom. The van der Waals surface area contributed by atoms with Crippen LogP contribution in [-0.2, 0) is 0 Å². The van der Waals surface area contributed by atoms with Crippen molar-refractivity contribution in [2.24, 2.45) is 0 Å². The van der Waals surface area contributed by atoms with Gasteiger partial charge in [-0.2, -0.15) is 11.8 Å². The van der Waals surface area contributed by atoms with Gasteiger partial charge < -0.3 is 0 Å². The highest BCUT2D eigenvalue weighted by Crippen LogP contribution is 2.18. The summed E-state index contributed by atoms with van der Waals surface area (Å²) in [5, 5.41) is 0. The topological polar surface area (TPSA) is 17.1 Å². The van der Waals surface area contributed by atoms with Gasteiger partial charge >= 0.3 is 0 Å². The number of hydrogen-bond donors (Lipinski definition) is 0. The van der Waals surface area contributed by atoms with Crippen LogP contribution in [-0.4, -0.2) is 23.0 Å². The van der Waals surface area contributed by atoms with Crippen LogP contribution in [0.15, 0.2) is 29.2 Å². The minimum atomic E-state index is 0.242. The predicted octanol–water partition coefficient (Wildman–Crippen LogP) is 4.12. The van der Waals surface area contributed by atoms with E-state index in [-0.39, 0.29) is 5.78 Å². The Morgan fingerprint density at radius 3 is 2.44 bits per heavy atom. The molecule has 16 heavy (non-hydrogen) atoms. The van der Waals surface area contributed by atoms with Crippen LogP contribution in [0.2, 0.25) is 0 Å². The summed E-state index contributed by atoms with van der Waals surface area (Å²) >= 11 is 3.52. The van der Waals surface area contributed by atoms with Crippen molar-refractivity contribution in [1.29, 1.82) is 0 Å². The largest absolute Gasteiger partial charge is 0.293 e. The Kier molecular flexibility index (Phi) is 6.65. The number of benzene rings is 1. The maximum absolute atomic E-state index is 11.8. The number of rotatable bonds is 7. The zero-order valence-corrected chi connectivity index (χ0v) is 11.5. The lowest BCUT2D eigenvalue weighted by Crippen LogP contribution is -2.02. The summed E-state index contributed by atoms with van der Waals surface area (Å²) in [7, 11) is 0. The second kappa shape index (κ2) is 7.80. The van der Waals surface area contributed by atoms with Crippen LogP contribution < -0.4 is 0 Å². The number of Topliss-reactive ketones (excluding diaryl/α,β-unsaturated/α-hetero) is 1. The first-order valence-corrected chi connectivity index (χ1v) is 7.75. The normalized spacial score (nSPS) is 10.4. The molecule has 0 unspecified atom stereocenters. The molecule has 0 radical (unpaired) electrons. The number of carbonyl (C=O) groups excluding carboxylic acids is 1. The predicted molar refractivity (Wildman–Crippen MR) is 74.8 cm³/mol. The summed E-state index contributed by atoms with van der Waals surface area (Å²) in [5.74, 6) is 2.98. The summed E-state index contributed by atoms with van der Waals surface area (Å²) in [6.07, 6.45) is 1.13. The van der Waals surface area contributed by atoms with E-state index in [1.165, 1.54) is 4.90 Å². The molecule has 0 aliphatic rings. The summed E-state index contributed by atoms with van der Waals surface area (Å²) in [4.78, 5) is 13.0. The first kappa shape index (κ1) is 13.7. The van der Waals surface area contributed by atoms with Gasteiger partial charge in [0.2, 0.25) is 0 Å². The standard InChI is InChI=1S/C13H18OS2/c1-3-9-15-10-13(14)11-5-7-12(8-6-11)16-4-2/h5-8H,3-4,9-10H2,1-2H3. The third-order valence-electron chi connectivity index (χ3n) is 2.07. The Morgan fingerprint density at radius 1 is 1.19 bits per heavy atom. The lowest BCUT2D eigenvalue weighted by atomic mass is 10.1. The zero-order valence-electron chi connectivity index (χ0n) is 9.86. The summed E-state index contributed by atoms with van der Waals surface area (Å²) in [6, 6.07) is 7.94. The van der Waals surface area contributed by atoms with Gasteiger partial charge in [0, 0.05) is 10.5 Å². The Labute approximate surface area is 106 Å². The van der Waals surface area contributed by atoms with E-state index >= 15 is 0 Å². The quantitative estimate of drug-likeness (QED) is 0.414. The molecule has 1 aromatic carbocycles. The van der Waals surface area contributed by atoms with Crippen LogP contribution in [0.4, 0.5) is 0 Å². The van der Waals surface area contributed by atoms with E-state index in [2.05, 4.69) is 13.8 Å². The summed E-state index contributed by atoms with van der Waals surface area (Å²) < 4.78 is 0. The van der Waals surface area contributed by atoms with Crippen LogP contribution in [0.3, 0.4) is 0 Å². The lowest BCUT2D eigenvalue weighted by Gasteiger charge is -2.02. The average molecular weight is 254 g/mol. The number of hydrogen-bond acceptors (Lipinski definition) is 3. The van der Waals surface area contributed by atoms with Gasteiger partial charge in [0.05, 0.1) is 5.75 Å². The van der Waals surface area contributed by atoms with Gasteiger partial charge in [-0.15, -0.1) is 11.8 Å². The smallest absolute Gasteiger partial charge is 0.172 e. The minimum Gasteiger partial charge on any atom is -0.293 e. The summed E-state index contributed by atoms with van der Waals surface area (Å²) in [5.41, 5.74) is 0.837. The molecular formula is C13H18OS2. The molecule has 0 bridgehead atoms. The van der Waals surface area contributed by atoms with Gasteiger partial charge in [0.15, 0.2) is 5.78 Å². The molecule has 0 aliphatic heterocycles. The van der Waals surface area contributed by atoms with Gasteiger partial charge in [-0.3, -0.25) is 4.79 Å². The minimum absolute atomic E-state index is 0.242. The fourth-order valence-electron chi connectivity index (χ4n) is 1.30. The fraction of sp³-hybridized carbons (Fsp3) is 0.462. The van der Waals surface area contributed by atoms with E-state index in [4.69, 9.17) is 0 Å². The molecule has 0 aromatic heterocycles. The number of thioether (sulfide) groups is 2. The molecule has 0 amide bonds. The Balaban J connectivity index is 2.49. The molecular weight excluding hydrogens is 236 g/mol. The van der Waals surface area contributed by atoms with Gasteiger partial charge in [-0.25, -0.2) is 0 Å². The summed E-state index contributed by atoms with van der Waals surface area (Å²) in [6.45, 7) is 4.26. The average Bonchev–Trinajstić information content (AvgIpc) is 2.30. The third kappa shape index (κ3) is 4.62. The third-order valence-corrected chi connectivity index (χ3v) is 4.13. The van der Waals surface area contributed by atoms with E-state index in [0.29, 0.717) is 5.75 Å². The van der Waals surface area contributed by atoms with Crippen LogP contribution in [0.1, 0.15) is 30.6 Å². The molecule has 88 valence electrons. The monoisotopic (exact) mass is 254 g/mol. The molecule has 1 rings (SSSR count). The van der Waals surface area contributed by atoms with Crippen molar-refractivity contribution < 1.29 is 4.79 Å². The van der Waals surface area contributed by atoms with Crippen molar-refractivity contribution in [3.8, 4) is 0 Å². The van der Waals surface area contributed by atoms with E-state index in [0.717, 1.165) is 23.5 Å². The second-order valence-electron chi connectivity index (χ2n) is 3.43. The van der Waals surface area contributed by atoms with Crippen molar-refractivity contribution in [3.05, 3.63) is 29.8 Å². The number of ketones is 1. The van der Waals surface area contributed by atoms with Gasteiger partial charge in [0.1, 0.15) is 0 Å². The van der Waals surface area contributed by atoms with Crippen LogP contribution in [0.5, 0.6) is 0 Å². The highest BCUT2D eigenvalue weighted by molar-refractivity contribution is 8.00. The molecule has 0 fully saturated rings. The molecule has 1 nitrogen and oxygen atoms in total. The van der Waals surface area contributed by atoms with Crippen molar-refractivity contribution in [3.63, 3.8) is 0 Å². The van der Waals surface area contributed by atoms with E-state index in [9.17, 15) is 4.79 Å². The van der Waals surface area contributed by atoms with Crippen molar-refractivity contribution in [1.82, 2.24) is 0 Å². The van der Waals surface area contributed by atoms with Crippen molar-refractivity contribution in [2.75, 3.05) is 17.3 Å². The highest BCUT2D eigenvalue weighted by atomic mass is 32.2. The molecule has 3 heteroatoms. The van der Waals surface area contributed by atoms with E-state index < -0.39 is 0 Å². The maximum Gasteiger partial charge on any atom is 0.172 e. The van der Waals surface area contributed by atoms with Crippen LogP contribution in [0.25, 0.3) is 0 Å². The van der Waals surface area contributed by atoms with Gasteiger partial charge in [-0.05, 0) is 30.1 Å². The molecule has 0 heterocycles. The van der Waals surface area contributed by atoms with Crippen LogP contribution in [0, 0.1) is 0 Å². The molecule has 0 saturated carbocycles.